The van der Waals surface area contributed by atoms with Gasteiger partial charge in [-0.3, -0.25) is 0 Å². The second-order valence-electron chi connectivity index (χ2n) is 4.94. The Bertz CT molecular complexity index is 675. The van der Waals surface area contributed by atoms with Crippen molar-refractivity contribution in [2.75, 3.05) is 0 Å². The zero-order valence-electron chi connectivity index (χ0n) is 12.2. The molecule has 0 aliphatic carbocycles. The number of hydrogen-bond acceptors (Lipinski definition) is 1. The maximum Gasteiger partial charge on any atom is 0.318 e. The zero-order valence-corrected chi connectivity index (χ0v) is 14.5. The van der Waals surface area contributed by atoms with E-state index in [1.54, 1.807) is 0 Å². The van der Waals surface area contributed by atoms with Gasteiger partial charge in [-0.05, 0) is 12.1 Å². The van der Waals surface area contributed by atoms with Crippen molar-refractivity contribution in [1.29, 1.82) is 0 Å². The molecule has 0 bridgehead atoms. The van der Waals surface area contributed by atoms with E-state index in [0.29, 0.717) is 11.8 Å². The minimum atomic E-state index is -4.03. The van der Waals surface area contributed by atoms with E-state index in [2.05, 4.69) is 0 Å². The minimum absolute atomic E-state index is 0.191. The van der Waals surface area contributed by atoms with Crippen molar-refractivity contribution in [3.8, 4) is 0 Å². The first-order chi connectivity index (χ1) is 11.6. The fraction of sp³-hybridized carbons (Fsp3) is 0.250. The van der Waals surface area contributed by atoms with Crippen molar-refractivity contribution in [3.63, 3.8) is 0 Å². The highest BCUT2D eigenvalue weighted by Gasteiger charge is 2.44. The third-order valence-corrected chi connectivity index (χ3v) is 4.96. The highest BCUT2D eigenvalue weighted by Crippen LogP contribution is 2.46. The molecule has 0 amide bonds. The highest BCUT2D eigenvalue weighted by atomic mass is 35.5. The van der Waals surface area contributed by atoms with Crippen LogP contribution < -0.4 is 0 Å². The summed E-state index contributed by atoms with van der Waals surface area (Å²) >= 11 is 10.3. The Labute approximate surface area is 154 Å². The largest absolute Gasteiger partial charge is 0.318 e. The van der Waals surface area contributed by atoms with Gasteiger partial charge in [0.15, 0.2) is 0 Å². The number of rotatable bonds is 6. The molecular weight excluding hydrogens is 409 g/mol. The van der Waals surface area contributed by atoms with Crippen LogP contribution in [0, 0.1) is 0 Å². The maximum absolute atomic E-state index is 14.0. The second kappa shape index (κ2) is 7.68. The van der Waals surface area contributed by atoms with Crippen LogP contribution in [0.4, 0.5) is 26.3 Å². The van der Waals surface area contributed by atoms with Crippen LogP contribution in [0.5, 0.6) is 0 Å². The van der Waals surface area contributed by atoms with Gasteiger partial charge in [0, 0.05) is 20.9 Å². The van der Waals surface area contributed by atoms with Crippen LogP contribution in [0.25, 0.3) is 0 Å². The van der Waals surface area contributed by atoms with Crippen molar-refractivity contribution in [2.24, 2.45) is 0 Å². The fourth-order valence-electron chi connectivity index (χ4n) is 2.02. The molecule has 2 rings (SSSR count). The van der Waals surface area contributed by atoms with E-state index >= 15 is 0 Å². The number of hydrogen-bond donors (Lipinski definition) is 0. The molecule has 2 aromatic rings. The Balaban J connectivity index is 2.50. The van der Waals surface area contributed by atoms with Crippen LogP contribution in [0.1, 0.15) is 11.1 Å². The molecule has 2 aromatic carbocycles. The van der Waals surface area contributed by atoms with Gasteiger partial charge in [-0.15, -0.1) is 0 Å². The van der Waals surface area contributed by atoms with Crippen molar-refractivity contribution in [1.82, 2.24) is 0 Å². The molecule has 0 spiro atoms. The SMILES string of the molecule is FC(Cl)C(F)(F)c1ccccc1Sc1ccccc1C(F)(F)C(F)Cl. The Morgan fingerprint density at radius 2 is 1.00 bits per heavy atom. The van der Waals surface area contributed by atoms with Crippen LogP contribution in [0.3, 0.4) is 0 Å². The van der Waals surface area contributed by atoms with Gasteiger partial charge in [-0.1, -0.05) is 71.4 Å². The van der Waals surface area contributed by atoms with Crippen molar-refractivity contribution >= 4 is 35.0 Å². The standard InChI is InChI=1S/C16H10Cl2F6S/c17-13(19)15(21,22)9-5-1-3-7-11(9)25-12-8-4-2-6-10(12)16(23,24)14(18)20/h1-8,13-14H. The van der Waals surface area contributed by atoms with Crippen molar-refractivity contribution < 1.29 is 26.3 Å². The molecule has 0 nitrogen and oxygen atoms in total. The second-order valence-corrected chi connectivity index (χ2v) is 6.79. The number of halogens is 8. The van der Waals surface area contributed by atoms with E-state index < -0.39 is 34.2 Å². The molecule has 0 saturated heterocycles. The van der Waals surface area contributed by atoms with Gasteiger partial charge in [-0.2, -0.15) is 17.6 Å². The molecule has 2 atom stereocenters. The van der Waals surface area contributed by atoms with Gasteiger partial charge >= 0.3 is 11.8 Å². The molecule has 0 radical (unpaired) electrons. The summed E-state index contributed by atoms with van der Waals surface area (Å²) in [6.07, 6.45) is 0. The highest BCUT2D eigenvalue weighted by molar-refractivity contribution is 7.99. The van der Waals surface area contributed by atoms with E-state index in [1.807, 2.05) is 0 Å². The predicted molar refractivity (Wildman–Crippen MR) is 86.3 cm³/mol. The predicted octanol–water partition coefficient (Wildman–Crippen LogP) is 7.09. The van der Waals surface area contributed by atoms with Gasteiger partial charge in [0.1, 0.15) is 0 Å². The smallest absolute Gasteiger partial charge is 0.223 e. The van der Waals surface area contributed by atoms with E-state index in [9.17, 15) is 26.3 Å². The molecule has 2 unspecified atom stereocenters. The van der Waals surface area contributed by atoms with E-state index in [0.717, 1.165) is 12.1 Å². The summed E-state index contributed by atoms with van der Waals surface area (Å²) in [6.45, 7) is 0. The summed E-state index contributed by atoms with van der Waals surface area (Å²) < 4.78 is 82.0. The molecule has 0 aliphatic rings. The molecule has 136 valence electrons. The Hall–Kier alpha value is -1.05. The molecule has 9 heteroatoms. The van der Waals surface area contributed by atoms with Crippen LogP contribution in [-0.4, -0.2) is 11.3 Å². The summed E-state index contributed by atoms with van der Waals surface area (Å²) in [6, 6.07) is 9.53. The first-order valence-corrected chi connectivity index (χ1v) is 8.46. The van der Waals surface area contributed by atoms with Gasteiger partial charge in [-0.25, -0.2) is 8.78 Å². The zero-order chi connectivity index (χ0) is 18.8. The summed E-state index contributed by atoms with van der Waals surface area (Å²) in [5, 5.41) is 0. The molecule has 0 aliphatic heterocycles. The Kier molecular flexibility index (Phi) is 6.22. The molecule has 0 N–H and O–H groups in total. The lowest BCUT2D eigenvalue weighted by atomic mass is 10.1. The lowest BCUT2D eigenvalue weighted by Gasteiger charge is -2.22. The van der Waals surface area contributed by atoms with Gasteiger partial charge < -0.3 is 0 Å². The lowest BCUT2D eigenvalue weighted by Crippen LogP contribution is -2.24. The van der Waals surface area contributed by atoms with Gasteiger partial charge in [0.05, 0.1) is 0 Å². The molecule has 0 aromatic heterocycles. The summed E-state index contributed by atoms with van der Waals surface area (Å²) in [5.74, 6) is -8.06. The third kappa shape index (κ3) is 4.20. The van der Waals surface area contributed by atoms with Crippen LogP contribution in [0.15, 0.2) is 58.3 Å². The van der Waals surface area contributed by atoms with Crippen LogP contribution in [0.2, 0.25) is 0 Å². The molecule has 0 heterocycles. The topological polar surface area (TPSA) is 0 Å². The first-order valence-electron chi connectivity index (χ1n) is 6.77. The number of benzene rings is 2. The van der Waals surface area contributed by atoms with Crippen molar-refractivity contribution in [3.05, 3.63) is 59.7 Å². The van der Waals surface area contributed by atoms with Crippen LogP contribution >= 0.6 is 35.0 Å². The lowest BCUT2D eigenvalue weighted by molar-refractivity contribution is -0.0489. The first kappa shape index (κ1) is 20.3. The Morgan fingerprint density at radius 1 is 0.680 bits per heavy atom. The van der Waals surface area contributed by atoms with E-state index in [4.69, 9.17) is 23.2 Å². The Morgan fingerprint density at radius 3 is 1.32 bits per heavy atom. The molecule has 25 heavy (non-hydrogen) atoms. The summed E-state index contributed by atoms with van der Waals surface area (Å²) in [5.41, 5.74) is -7.51. The number of alkyl halides is 8. The van der Waals surface area contributed by atoms with E-state index in [-0.39, 0.29) is 9.79 Å². The monoisotopic (exact) mass is 418 g/mol. The fourth-order valence-corrected chi connectivity index (χ4v) is 3.41. The third-order valence-electron chi connectivity index (χ3n) is 3.26. The average Bonchev–Trinajstić information content (AvgIpc) is 2.55. The van der Waals surface area contributed by atoms with Crippen LogP contribution in [-0.2, 0) is 11.8 Å². The quantitative estimate of drug-likeness (QED) is 0.356. The molecule has 0 saturated carbocycles. The van der Waals surface area contributed by atoms with E-state index in [1.165, 1.54) is 36.4 Å². The van der Waals surface area contributed by atoms with Gasteiger partial charge in [0.2, 0.25) is 11.3 Å². The summed E-state index contributed by atoms with van der Waals surface area (Å²) in [7, 11) is 0. The molecule has 0 fully saturated rings. The normalized spacial score (nSPS) is 15.0. The van der Waals surface area contributed by atoms with Crippen molar-refractivity contribution in [2.45, 2.75) is 32.9 Å². The summed E-state index contributed by atoms with van der Waals surface area (Å²) in [4.78, 5) is -0.381. The minimum Gasteiger partial charge on any atom is -0.223 e. The molecular formula is C16H10Cl2F6S. The van der Waals surface area contributed by atoms with Gasteiger partial charge in [0.25, 0.3) is 0 Å². The average molecular weight is 419 g/mol. The maximum atomic E-state index is 14.0.